The molecular weight excluding hydrogens is 368 g/mol. The van der Waals surface area contributed by atoms with Gasteiger partial charge < -0.3 is 14.7 Å². The molecule has 1 fully saturated rings. The molecule has 1 heterocycles. The van der Waals surface area contributed by atoms with Crippen LogP contribution in [0.15, 0.2) is 47.4 Å². The second-order valence-electron chi connectivity index (χ2n) is 5.86. The van der Waals surface area contributed by atoms with Crippen LogP contribution in [0.3, 0.4) is 0 Å². The molecule has 0 spiro atoms. The Labute approximate surface area is 161 Å². The largest absolute Gasteiger partial charge is 0.504 e. The Morgan fingerprint density at radius 3 is 2.46 bits per heavy atom. The van der Waals surface area contributed by atoms with Gasteiger partial charge in [0.05, 0.1) is 17.7 Å². The SMILES string of the molecule is COc1ccc(/C=C2\SC(=S)N(c3ccc(N(C)C)cc3)C2=O)cc1O. The van der Waals surface area contributed by atoms with Gasteiger partial charge in [0.15, 0.2) is 15.8 Å². The molecule has 0 saturated carbocycles. The first-order chi connectivity index (χ1) is 12.4. The first kappa shape index (κ1) is 18.3. The van der Waals surface area contributed by atoms with Gasteiger partial charge in [-0.15, -0.1) is 0 Å². The van der Waals surface area contributed by atoms with Gasteiger partial charge >= 0.3 is 0 Å². The molecule has 1 aliphatic rings. The number of methoxy groups -OCH3 is 1. The van der Waals surface area contributed by atoms with E-state index in [1.807, 2.05) is 43.3 Å². The fourth-order valence-corrected chi connectivity index (χ4v) is 3.84. The summed E-state index contributed by atoms with van der Waals surface area (Å²) in [5, 5.41) is 9.90. The van der Waals surface area contributed by atoms with Crippen molar-refractivity contribution in [1.82, 2.24) is 0 Å². The summed E-state index contributed by atoms with van der Waals surface area (Å²) in [5.41, 5.74) is 2.48. The Bertz CT molecular complexity index is 892. The number of phenolic OH excluding ortho intramolecular Hbond substituents is 1. The summed E-state index contributed by atoms with van der Waals surface area (Å²) in [6, 6.07) is 12.6. The number of hydrogen-bond acceptors (Lipinski definition) is 6. The third-order valence-electron chi connectivity index (χ3n) is 3.92. The standard InChI is InChI=1S/C19H18N2O3S2/c1-20(2)13-5-7-14(8-6-13)21-18(23)17(26-19(21)25)11-12-4-9-16(24-3)15(22)10-12/h4-11,22H,1-3H3/b17-11-. The smallest absolute Gasteiger partial charge is 0.270 e. The molecule has 0 unspecified atom stereocenters. The van der Waals surface area contributed by atoms with Crippen LogP contribution in [-0.2, 0) is 4.79 Å². The molecule has 1 N–H and O–H groups in total. The predicted octanol–water partition coefficient (Wildman–Crippen LogP) is 3.87. The molecule has 5 nitrogen and oxygen atoms in total. The van der Waals surface area contributed by atoms with Crippen LogP contribution in [0.5, 0.6) is 11.5 Å². The molecule has 7 heteroatoms. The first-order valence-electron chi connectivity index (χ1n) is 7.83. The van der Waals surface area contributed by atoms with Gasteiger partial charge in [0.25, 0.3) is 5.91 Å². The minimum Gasteiger partial charge on any atom is -0.504 e. The van der Waals surface area contributed by atoms with Crippen LogP contribution in [-0.4, -0.2) is 36.5 Å². The molecule has 1 saturated heterocycles. The third kappa shape index (κ3) is 3.54. The first-order valence-corrected chi connectivity index (χ1v) is 9.05. The highest BCUT2D eigenvalue weighted by Gasteiger charge is 2.33. The zero-order chi connectivity index (χ0) is 18.8. The highest BCUT2D eigenvalue weighted by atomic mass is 32.2. The van der Waals surface area contributed by atoms with Gasteiger partial charge in [-0.05, 0) is 48.0 Å². The number of phenols is 1. The van der Waals surface area contributed by atoms with Gasteiger partial charge in [0, 0.05) is 19.8 Å². The van der Waals surface area contributed by atoms with E-state index in [-0.39, 0.29) is 11.7 Å². The van der Waals surface area contributed by atoms with Crippen molar-refractivity contribution in [2.24, 2.45) is 0 Å². The normalized spacial score (nSPS) is 15.7. The minimum atomic E-state index is -0.173. The molecule has 2 aromatic rings. The Morgan fingerprint density at radius 1 is 1.19 bits per heavy atom. The number of ether oxygens (including phenoxy) is 1. The van der Waals surface area contributed by atoms with Crippen molar-refractivity contribution >= 4 is 51.7 Å². The number of amides is 1. The number of benzene rings is 2. The second-order valence-corrected chi connectivity index (χ2v) is 7.53. The molecule has 0 aromatic heterocycles. The van der Waals surface area contributed by atoms with E-state index in [1.54, 1.807) is 24.3 Å². The van der Waals surface area contributed by atoms with Crippen LogP contribution in [0, 0.1) is 0 Å². The second kappa shape index (κ2) is 7.39. The van der Waals surface area contributed by atoms with Crippen molar-refractivity contribution < 1.29 is 14.6 Å². The number of carbonyl (C=O) groups is 1. The molecule has 2 aromatic carbocycles. The molecular formula is C19H18N2O3S2. The van der Waals surface area contributed by atoms with E-state index >= 15 is 0 Å². The van der Waals surface area contributed by atoms with Crippen molar-refractivity contribution in [3.63, 3.8) is 0 Å². The number of carbonyl (C=O) groups excluding carboxylic acids is 1. The Morgan fingerprint density at radius 2 is 1.88 bits per heavy atom. The van der Waals surface area contributed by atoms with Gasteiger partial charge in [-0.2, -0.15) is 0 Å². The minimum absolute atomic E-state index is 0.0241. The van der Waals surface area contributed by atoms with E-state index < -0.39 is 0 Å². The summed E-state index contributed by atoms with van der Waals surface area (Å²) >= 11 is 6.63. The Balaban J connectivity index is 1.87. The van der Waals surface area contributed by atoms with E-state index in [9.17, 15) is 9.90 Å². The Kier molecular flexibility index (Phi) is 5.20. The molecule has 0 atom stereocenters. The van der Waals surface area contributed by atoms with E-state index in [1.165, 1.54) is 23.8 Å². The number of thiocarbonyl (C=S) groups is 1. The van der Waals surface area contributed by atoms with Crippen LogP contribution in [0.1, 0.15) is 5.56 Å². The van der Waals surface area contributed by atoms with Crippen LogP contribution >= 0.6 is 24.0 Å². The van der Waals surface area contributed by atoms with E-state index in [0.717, 1.165) is 11.4 Å². The fourth-order valence-electron chi connectivity index (χ4n) is 2.54. The highest BCUT2D eigenvalue weighted by Crippen LogP contribution is 2.37. The zero-order valence-corrected chi connectivity index (χ0v) is 16.2. The monoisotopic (exact) mass is 386 g/mol. The molecule has 134 valence electrons. The highest BCUT2D eigenvalue weighted by molar-refractivity contribution is 8.27. The number of nitrogens with zero attached hydrogens (tertiary/aromatic N) is 2. The summed E-state index contributed by atoms with van der Waals surface area (Å²) < 4.78 is 5.52. The van der Waals surface area contributed by atoms with Crippen LogP contribution < -0.4 is 14.5 Å². The molecule has 0 bridgehead atoms. The topological polar surface area (TPSA) is 53.0 Å². The number of hydrogen-bond donors (Lipinski definition) is 1. The van der Waals surface area contributed by atoms with Gasteiger partial charge in [0.1, 0.15) is 0 Å². The van der Waals surface area contributed by atoms with E-state index in [0.29, 0.717) is 20.5 Å². The zero-order valence-electron chi connectivity index (χ0n) is 14.6. The van der Waals surface area contributed by atoms with Crippen molar-refractivity contribution in [2.75, 3.05) is 31.0 Å². The molecule has 0 radical (unpaired) electrons. The fraction of sp³-hybridized carbons (Fsp3) is 0.158. The van der Waals surface area contributed by atoms with Crippen molar-refractivity contribution in [1.29, 1.82) is 0 Å². The summed E-state index contributed by atoms with van der Waals surface area (Å²) in [5.74, 6) is 0.236. The number of rotatable bonds is 4. The maximum atomic E-state index is 12.8. The molecule has 0 aliphatic carbocycles. The van der Waals surface area contributed by atoms with Crippen molar-refractivity contribution in [3.05, 3.63) is 52.9 Å². The number of aromatic hydroxyl groups is 1. The lowest BCUT2D eigenvalue weighted by Crippen LogP contribution is -2.27. The number of anilines is 2. The average Bonchev–Trinajstić information content (AvgIpc) is 2.89. The summed E-state index contributed by atoms with van der Waals surface area (Å²) in [6.45, 7) is 0. The maximum absolute atomic E-state index is 12.8. The Hall–Kier alpha value is -2.51. The van der Waals surface area contributed by atoms with Gasteiger partial charge in [0.2, 0.25) is 0 Å². The lowest BCUT2D eigenvalue weighted by Gasteiger charge is -2.17. The summed E-state index contributed by atoms with van der Waals surface area (Å²) in [6.07, 6.45) is 1.71. The predicted molar refractivity (Wildman–Crippen MR) is 111 cm³/mol. The number of thioether (sulfide) groups is 1. The van der Waals surface area contributed by atoms with Crippen LogP contribution in [0.2, 0.25) is 0 Å². The van der Waals surface area contributed by atoms with Gasteiger partial charge in [-0.1, -0.05) is 30.0 Å². The van der Waals surface area contributed by atoms with Gasteiger partial charge in [-0.3, -0.25) is 9.69 Å². The van der Waals surface area contributed by atoms with Crippen molar-refractivity contribution in [3.8, 4) is 11.5 Å². The average molecular weight is 386 g/mol. The maximum Gasteiger partial charge on any atom is 0.270 e. The molecule has 1 amide bonds. The lowest BCUT2D eigenvalue weighted by atomic mass is 10.2. The van der Waals surface area contributed by atoms with Crippen LogP contribution in [0.4, 0.5) is 11.4 Å². The summed E-state index contributed by atoms with van der Waals surface area (Å²) in [7, 11) is 5.41. The lowest BCUT2D eigenvalue weighted by molar-refractivity contribution is -0.113. The molecule has 1 aliphatic heterocycles. The van der Waals surface area contributed by atoms with Crippen molar-refractivity contribution in [2.45, 2.75) is 0 Å². The van der Waals surface area contributed by atoms with E-state index in [4.69, 9.17) is 17.0 Å². The van der Waals surface area contributed by atoms with Gasteiger partial charge in [-0.25, -0.2) is 0 Å². The quantitative estimate of drug-likeness (QED) is 0.636. The molecule has 26 heavy (non-hydrogen) atoms. The third-order valence-corrected chi connectivity index (χ3v) is 5.22. The molecule has 3 rings (SSSR count). The van der Waals surface area contributed by atoms with Crippen LogP contribution in [0.25, 0.3) is 6.08 Å². The van der Waals surface area contributed by atoms with E-state index in [2.05, 4.69) is 0 Å². The summed E-state index contributed by atoms with van der Waals surface area (Å²) in [4.78, 5) is 16.8.